The van der Waals surface area contributed by atoms with Gasteiger partial charge in [-0.2, -0.15) is 0 Å². The van der Waals surface area contributed by atoms with Crippen molar-refractivity contribution in [3.8, 4) is 11.3 Å². The van der Waals surface area contributed by atoms with Crippen LogP contribution < -0.4 is 16.0 Å². The van der Waals surface area contributed by atoms with Gasteiger partial charge in [0.1, 0.15) is 17.6 Å². The lowest BCUT2D eigenvalue weighted by Gasteiger charge is -2.29. The smallest absolute Gasteiger partial charge is 0.287 e. The Hall–Kier alpha value is -3.81. The number of likely N-dealkylation sites (N-methyl/N-ethyl adjacent to an activating group) is 1. The van der Waals surface area contributed by atoms with Crippen molar-refractivity contribution in [1.82, 2.24) is 16.0 Å². The number of hydrogen-bond donors (Lipinski definition) is 3. The van der Waals surface area contributed by atoms with Gasteiger partial charge in [-0.1, -0.05) is 37.5 Å². The van der Waals surface area contributed by atoms with Gasteiger partial charge in [0.05, 0.1) is 11.8 Å². The fourth-order valence-corrected chi connectivity index (χ4v) is 4.58. The van der Waals surface area contributed by atoms with Crippen LogP contribution >= 0.6 is 0 Å². The fraction of sp³-hybridized carbons (Fsp3) is 0.370. The van der Waals surface area contributed by atoms with Crippen molar-refractivity contribution in [3.63, 3.8) is 0 Å². The second-order valence-electron chi connectivity index (χ2n) is 8.90. The molecule has 35 heavy (non-hydrogen) atoms. The van der Waals surface area contributed by atoms with Crippen LogP contribution in [0.1, 0.15) is 64.3 Å². The van der Waals surface area contributed by atoms with Gasteiger partial charge in [-0.15, -0.1) is 0 Å². The Kier molecular flexibility index (Phi) is 7.70. The van der Waals surface area contributed by atoms with Gasteiger partial charge in [-0.05, 0) is 55.5 Å². The summed E-state index contributed by atoms with van der Waals surface area (Å²) in [6.07, 6.45) is 6.63. The van der Waals surface area contributed by atoms with Gasteiger partial charge in [0, 0.05) is 19.2 Å². The molecule has 3 amide bonds. The molecule has 2 aromatic heterocycles. The van der Waals surface area contributed by atoms with Crippen molar-refractivity contribution in [2.24, 2.45) is 5.92 Å². The van der Waals surface area contributed by atoms with E-state index in [-0.39, 0.29) is 23.5 Å². The largest absolute Gasteiger partial charge is 0.469 e. The van der Waals surface area contributed by atoms with Gasteiger partial charge in [0.25, 0.3) is 11.8 Å². The summed E-state index contributed by atoms with van der Waals surface area (Å²) in [6, 6.07) is 12.0. The third kappa shape index (κ3) is 5.82. The van der Waals surface area contributed by atoms with E-state index in [1.165, 1.54) is 6.26 Å². The third-order valence-electron chi connectivity index (χ3n) is 6.53. The van der Waals surface area contributed by atoms with Crippen LogP contribution in [0.15, 0.2) is 57.6 Å². The second kappa shape index (κ2) is 11.1. The molecule has 1 fully saturated rings. The predicted octanol–water partition coefficient (Wildman–Crippen LogP) is 4.20. The monoisotopic (exact) mass is 477 g/mol. The molecule has 1 atom stereocenters. The number of amides is 3. The molecule has 4 rings (SSSR count). The van der Waals surface area contributed by atoms with E-state index in [1.54, 1.807) is 32.2 Å². The van der Waals surface area contributed by atoms with E-state index in [0.29, 0.717) is 23.6 Å². The van der Waals surface area contributed by atoms with E-state index in [4.69, 9.17) is 8.83 Å². The quantitative estimate of drug-likeness (QED) is 0.450. The SMILES string of the molecule is CNC(=O)[C@@H](NC(=O)c1ccc(-c2cccc(CNC(=O)c3ccoc3C)c2)o1)C1CCCCC1. The van der Waals surface area contributed by atoms with Gasteiger partial charge in [-0.25, -0.2) is 0 Å². The summed E-state index contributed by atoms with van der Waals surface area (Å²) >= 11 is 0. The van der Waals surface area contributed by atoms with Gasteiger partial charge < -0.3 is 24.8 Å². The lowest BCUT2D eigenvalue weighted by atomic mass is 9.83. The minimum absolute atomic E-state index is 0.125. The maximum Gasteiger partial charge on any atom is 0.287 e. The molecule has 3 N–H and O–H groups in total. The van der Waals surface area contributed by atoms with E-state index < -0.39 is 11.9 Å². The number of hydrogen-bond acceptors (Lipinski definition) is 5. The van der Waals surface area contributed by atoms with Crippen molar-refractivity contribution in [2.75, 3.05) is 7.05 Å². The van der Waals surface area contributed by atoms with Crippen LogP contribution in [0.2, 0.25) is 0 Å². The van der Waals surface area contributed by atoms with E-state index in [0.717, 1.165) is 43.2 Å². The Bertz CT molecular complexity index is 1190. The van der Waals surface area contributed by atoms with Crippen LogP contribution in [-0.4, -0.2) is 30.8 Å². The first-order chi connectivity index (χ1) is 17.0. The first kappa shape index (κ1) is 24.3. The minimum Gasteiger partial charge on any atom is -0.469 e. The standard InChI is InChI=1S/C27H31N3O5/c1-17-21(13-14-34-17)25(31)29-16-18-7-6-10-20(15-18)22-11-12-23(35-22)26(32)30-24(27(33)28-2)19-8-4-3-5-9-19/h6-7,10-15,19,24H,3-5,8-9,16H2,1-2H3,(H,28,33)(H,29,31)(H,30,32)/t24-/m0/s1. The highest BCUT2D eigenvalue weighted by molar-refractivity contribution is 5.96. The van der Waals surface area contributed by atoms with E-state index in [2.05, 4.69) is 16.0 Å². The van der Waals surface area contributed by atoms with Crippen LogP contribution in [0.5, 0.6) is 0 Å². The van der Waals surface area contributed by atoms with Crippen LogP contribution in [0.3, 0.4) is 0 Å². The molecule has 184 valence electrons. The highest BCUT2D eigenvalue weighted by Gasteiger charge is 2.31. The number of furan rings is 2. The summed E-state index contributed by atoms with van der Waals surface area (Å²) in [5, 5.41) is 8.43. The van der Waals surface area contributed by atoms with Crippen molar-refractivity contribution in [3.05, 3.63) is 71.4 Å². The molecule has 0 spiro atoms. The zero-order chi connectivity index (χ0) is 24.8. The Labute approximate surface area is 204 Å². The number of aryl methyl sites for hydroxylation is 1. The Morgan fingerprint density at radius 1 is 1.03 bits per heavy atom. The summed E-state index contributed by atoms with van der Waals surface area (Å²) in [7, 11) is 1.58. The average molecular weight is 478 g/mol. The van der Waals surface area contributed by atoms with Crippen molar-refractivity contribution in [1.29, 1.82) is 0 Å². The lowest BCUT2D eigenvalue weighted by Crippen LogP contribution is -2.50. The van der Waals surface area contributed by atoms with E-state index in [9.17, 15) is 14.4 Å². The zero-order valence-corrected chi connectivity index (χ0v) is 20.1. The third-order valence-corrected chi connectivity index (χ3v) is 6.53. The van der Waals surface area contributed by atoms with Gasteiger partial charge in [0.2, 0.25) is 5.91 Å². The molecule has 1 saturated carbocycles. The van der Waals surface area contributed by atoms with Crippen molar-refractivity contribution in [2.45, 2.75) is 51.6 Å². The normalized spacial score (nSPS) is 14.8. The maximum atomic E-state index is 12.9. The Morgan fingerprint density at radius 2 is 1.83 bits per heavy atom. The maximum absolute atomic E-state index is 12.9. The minimum atomic E-state index is -0.577. The number of carbonyl (C=O) groups is 3. The van der Waals surface area contributed by atoms with Gasteiger partial charge in [-0.3, -0.25) is 14.4 Å². The number of nitrogens with one attached hydrogen (secondary N) is 3. The molecular weight excluding hydrogens is 446 g/mol. The molecule has 0 aliphatic heterocycles. The molecule has 0 radical (unpaired) electrons. The molecule has 1 aliphatic rings. The predicted molar refractivity (Wildman–Crippen MR) is 131 cm³/mol. The number of rotatable bonds is 8. The van der Waals surface area contributed by atoms with Crippen molar-refractivity contribution < 1.29 is 23.2 Å². The van der Waals surface area contributed by atoms with E-state index in [1.807, 2.05) is 24.3 Å². The first-order valence-corrected chi connectivity index (χ1v) is 12.0. The number of carbonyl (C=O) groups excluding carboxylic acids is 3. The lowest BCUT2D eigenvalue weighted by molar-refractivity contribution is -0.124. The van der Waals surface area contributed by atoms with Crippen LogP contribution in [0.25, 0.3) is 11.3 Å². The Balaban J connectivity index is 1.42. The van der Waals surface area contributed by atoms with E-state index >= 15 is 0 Å². The molecule has 0 bridgehead atoms. The van der Waals surface area contributed by atoms with Crippen LogP contribution in [0.4, 0.5) is 0 Å². The molecule has 2 heterocycles. The fourth-order valence-electron chi connectivity index (χ4n) is 4.58. The van der Waals surface area contributed by atoms with Crippen molar-refractivity contribution >= 4 is 17.7 Å². The van der Waals surface area contributed by atoms with Gasteiger partial charge >= 0.3 is 0 Å². The highest BCUT2D eigenvalue weighted by Crippen LogP contribution is 2.28. The highest BCUT2D eigenvalue weighted by atomic mass is 16.4. The molecule has 1 aromatic carbocycles. The molecule has 1 aliphatic carbocycles. The summed E-state index contributed by atoms with van der Waals surface area (Å²) in [4.78, 5) is 37.7. The van der Waals surface area contributed by atoms with Crippen LogP contribution in [0, 0.1) is 12.8 Å². The summed E-state index contributed by atoms with van der Waals surface area (Å²) in [5.74, 6) is 0.579. The molecule has 0 saturated heterocycles. The number of benzene rings is 1. The second-order valence-corrected chi connectivity index (χ2v) is 8.90. The molecule has 8 heteroatoms. The molecule has 3 aromatic rings. The first-order valence-electron chi connectivity index (χ1n) is 12.0. The molecule has 8 nitrogen and oxygen atoms in total. The Morgan fingerprint density at radius 3 is 2.54 bits per heavy atom. The topological polar surface area (TPSA) is 114 Å². The van der Waals surface area contributed by atoms with Gasteiger partial charge in [0.15, 0.2) is 5.76 Å². The molecular formula is C27H31N3O5. The molecule has 0 unspecified atom stereocenters. The average Bonchev–Trinajstić information content (AvgIpc) is 3.55. The summed E-state index contributed by atoms with van der Waals surface area (Å²) in [6.45, 7) is 2.08. The summed E-state index contributed by atoms with van der Waals surface area (Å²) < 4.78 is 11.0. The zero-order valence-electron chi connectivity index (χ0n) is 20.1. The summed E-state index contributed by atoms with van der Waals surface area (Å²) in [5.41, 5.74) is 2.17. The van der Waals surface area contributed by atoms with Crippen LogP contribution in [-0.2, 0) is 11.3 Å².